The van der Waals surface area contributed by atoms with E-state index in [2.05, 4.69) is 19.8 Å². The van der Waals surface area contributed by atoms with E-state index in [0.717, 1.165) is 6.34 Å². The molecule has 47 valence electrons. The van der Waals surface area contributed by atoms with Gasteiger partial charge in [0.1, 0.15) is 0 Å². The summed E-state index contributed by atoms with van der Waals surface area (Å²) in [6, 6.07) is 0. The zero-order chi connectivity index (χ0) is 5.41. The zero-order valence-corrected chi connectivity index (χ0v) is 3.44. The standard InChI is InChI=1S/C2H2B.CH4N2.2CH4/c1-2-3;2-1-3;;/h1H2;1H,(H3,2,3);2*1H4. The van der Waals surface area contributed by atoms with E-state index in [9.17, 15) is 0 Å². The average molecular weight is 113 g/mol. The molecule has 0 aromatic carbocycles. The van der Waals surface area contributed by atoms with Crippen LogP contribution in [-0.4, -0.2) is 19.4 Å². The molecule has 0 aromatic rings. The van der Waals surface area contributed by atoms with Gasteiger partial charge in [-0.15, -0.1) is 0 Å². The van der Waals surface area contributed by atoms with Crippen molar-refractivity contribution in [3.63, 3.8) is 0 Å². The van der Waals surface area contributed by atoms with Crippen molar-refractivity contribution in [1.29, 1.82) is 5.41 Å². The first kappa shape index (κ1) is 27.1. The first-order valence-electron chi connectivity index (χ1n) is 1.26. The maximum atomic E-state index is 5.86. The van der Waals surface area contributed by atoms with Gasteiger partial charge in [0, 0.05) is 0 Å². The summed E-state index contributed by atoms with van der Waals surface area (Å²) in [7, 11) is 4.49. The van der Waals surface area contributed by atoms with E-state index >= 15 is 0 Å². The van der Waals surface area contributed by atoms with Crippen LogP contribution < -0.4 is 5.73 Å². The van der Waals surface area contributed by atoms with Crippen molar-refractivity contribution in [3.05, 3.63) is 6.58 Å². The van der Waals surface area contributed by atoms with Gasteiger partial charge in [-0.3, -0.25) is 5.41 Å². The van der Waals surface area contributed by atoms with Gasteiger partial charge in [0.15, 0.2) is 0 Å². The molecule has 0 heterocycles. The second-order valence-corrected chi connectivity index (χ2v) is 0.371. The summed E-state index contributed by atoms with van der Waals surface area (Å²) in [5.41, 5.74) is 6.39. The van der Waals surface area contributed by atoms with Crippen molar-refractivity contribution in [2.45, 2.75) is 14.9 Å². The molecular formula is C5H14BN2. The van der Waals surface area contributed by atoms with Crippen molar-refractivity contribution in [2.75, 3.05) is 0 Å². The molecule has 1 radical (unpaired) electrons. The van der Waals surface area contributed by atoms with Gasteiger partial charge in [0.2, 0.25) is 0 Å². The second kappa shape index (κ2) is 118. The molecule has 0 aliphatic rings. The summed E-state index contributed by atoms with van der Waals surface area (Å²) in [6.45, 7) is 3.01. The number of hydrogen-bond donors (Lipinski definition) is 2. The van der Waals surface area contributed by atoms with Crippen LogP contribution in [0.1, 0.15) is 14.9 Å². The van der Waals surface area contributed by atoms with Crippen LogP contribution in [0.25, 0.3) is 0 Å². The van der Waals surface area contributed by atoms with E-state index in [1.54, 1.807) is 0 Å². The Morgan fingerprint density at radius 2 is 1.62 bits per heavy atom. The van der Waals surface area contributed by atoms with Crippen LogP contribution in [0.3, 0.4) is 0 Å². The number of nitrogens with two attached hydrogens (primary N) is 1. The first-order chi connectivity index (χ1) is 2.83. The molecule has 3 heteroatoms. The van der Waals surface area contributed by atoms with E-state index in [-0.39, 0.29) is 14.9 Å². The van der Waals surface area contributed by atoms with Crippen LogP contribution in [0.4, 0.5) is 0 Å². The summed E-state index contributed by atoms with van der Waals surface area (Å²) in [4.78, 5) is 0. The SMILES string of the molecule is C.C.N=CN.[B]=C=C. The third-order valence-electron chi connectivity index (χ3n) is 0. The van der Waals surface area contributed by atoms with Crippen LogP contribution in [0.2, 0.25) is 0 Å². The Balaban J connectivity index is -0.0000000160. The predicted molar refractivity (Wildman–Crippen MR) is 42.8 cm³/mol. The van der Waals surface area contributed by atoms with E-state index in [4.69, 9.17) is 5.41 Å². The van der Waals surface area contributed by atoms with E-state index < -0.39 is 0 Å². The molecule has 0 aliphatic carbocycles. The molecule has 2 nitrogen and oxygen atoms in total. The summed E-state index contributed by atoms with van der Waals surface area (Å²) in [6.07, 6.45) is 0.750. The van der Waals surface area contributed by atoms with Crippen LogP contribution in [0.5, 0.6) is 0 Å². The van der Waals surface area contributed by atoms with Gasteiger partial charge < -0.3 is 5.73 Å². The van der Waals surface area contributed by atoms with Gasteiger partial charge >= 0.3 is 19.7 Å². The number of hydrogen-bond acceptors (Lipinski definition) is 1. The van der Waals surface area contributed by atoms with Crippen LogP contribution in [0, 0.1) is 5.41 Å². The van der Waals surface area contributed by atoms with Gasteiger partial charge in [0.25, 0.3) is 0 Å². The Bertz CT molecular complexity index is 55.4. The van der Waals surface area contributed by atoms with Crippen LogP contribution in [-0.2, 0) is 0 Å². The van der Waals surface area contributed by atoms with Gasteiger partial charge in [-0.05, 0) is 0 Å². The Morgan fingerprint density at radius 1 is 1.62 bits per heavy atom. The monoisotopic (exact) mass is 113 g/mol. The molecule has 3 N–H and O–H groups in total. The van der Waals surface area contributed by atoms with Gasteiger partial charge in [0.05, 0.1) is 6.34 Å². The fourth-order valence-corrected chi connectivity index (χ4v) is 0. The molecule has 8 heavy (non-hydrogen) atoms. The molecule has 0 atom stereocenters. The molecular weight excluding hydrogens is 98.9 g/mol. The Morgan fingerprint density at radius 3 is 1.62 bits per heavy atom. The fourth-order valence-electron chi connectivity index (χ4n) is 0. The molecule has 0 saturated heterocycles. The molecule has 0 amide bonds. The summed E-state index contributed by atoms with van der Waals surface area (Å²) in [5.74, 6) is 0. The zero-order valence-electron chi connectivity index (χ0n) is 3.44. The number of nitrogens with one attached hydrogen (secondary N) is 1. The van der Waals surface area contributed by atoms with Crippen LogP contribution >= 0.6 is 0 Å². The van der Waals surface area contributed by atoms with Crippen molar-refractivity contribution >= 4 is 19.4 Å². The molecule has 0 aromatic heterocycles. The van der Waals surface area contributed by atoms with Crippen LogP contribution in [0.15, 0.2) is 6.58 Å². The normalized spacial score (nSPS) is 2.38. The quantitative estimate of drug-likeness (QED) is 0.269. The molecule has 0 rings (SSSR count). The molecule has 0 fully saturated rings. The molecule has 0 aliphatic heterocycles. The van der Waals surface area contributed by atoms with E-state index in [1.165, 1.54) is 0 Å². The third kappa shape index (κ3) is 137. The molecule has 0 spiro atoms. The van der Waals surface area contributed by atoms with E-state index in [1.807, 2.05) is 5.62 Å². The van der Waals surface area contributed by atoms with Gasteiger partial charge in [-0.1, -0.05) is 14.9 Å². The molecule has 0 unspecified atom stereocenters. The van der Waals surface area contributed by atoms with Gasteiger partial charge in [-0.25, -0.2) is 0 Å². The Labute approximate surface area is 53.0 Å². The topological polar surface area (TPSA) is 49.9 Å². The molecule has 0 bridgehead atoms. The van der Waals surface area contributed by atoms with Crippen molar-refractivity contribution in [2.24, 2.45) is 5.73 Å². The second-order valence-electron chi connectivity index (χ2n) is 0.371. The summed E-state index contributed by atoms with van der Waals surface area (Å²) in [5, 5.41) is 5.86. The summed E-state index contributed by atoms with van der Waals surface area (Å²) >= 11 is 0. The minimum atomic E-state index is 0. The average Bonchev–Trinajstić information content (AvgIpc) is 1.39. The van der Waals surface area contributed by atoms with Crippen molar-refractivity contribution < 1.29 is 0 Å². The van der Waals surface area contributed by atoms with E-state index in [0.29, 0.717) is 0 Å². The Hall–Kier alpha value is -0.815. The predicted octanol–water partition coefficient (Wildman–Crippen LogP) is 0.566. The third-order valence-corrected chi connectivity index (χ3v) is 0. The number of rotatable bonds is 0. The maximum absolute atomic E-state index is 5.86. The fraction of sp³-hybridized carbons (Fsp3) is 0.400. The van der Waals surface area contributed by atoms with Crippen molar-refractivity contribution in [3.8, 4) is 0 Å². The first-order valence-corrected chi connectivity index (χ1v) is 1.26. The minimum absolute atomic E-state index is 0. The molecule has 0 saturated carbocycles. The Kier molecular flexibility index (Phi) is 401. The van der Waals surface area contributed by atoms with Gasteiger partial charge in [-0.2, -0.15) is 0 Å². The van der Waals surface area contributed by atoms with Crippen molar-refractivity contribution in [1.82, 2.24) is 0 Å². The summed E-state index contributed by atoms with van der Waals surface area (Å²) < 4.78 is 0.